The van der Waals surface area contributed by atoms with Crippen molar-refractivity contribution in [3.8, 4) is 0 Å². The Bertz CT molecular complexity index is 92.7. The monoisotopic (exact) mass is 190 g/mol. The molecule has 0 aliphatic heterocycles. The molecular formula is C9H23AlO2. The first-order valence-electron chi connectivity index (χ1n) is 4.31. The molecule has 2 atom stereocenters. The zero-order chi connectivity index (χ0) is 9.02. The predicted molar refractivity (Wildman–Crippen MR) is 56.2 cm³/mol. The minimum absolute atomic E-state index is 0. The molecule has 0 rings (SSSR count). The molecule has 2 N–H and O–H groups in total. The molecule has 2 nitrogen and oxygen atoms in total. The van der Waals surface area contributed by atoms with Crippen LogP contribution in [0.5, 0.6) is 0 Å². The lowest BCUT2D eigenvalue weighted by Crippen LogP contribution is -2.25. The molecule has 0 aliphatic carbocycles. The minimum Gasteiger partial charge on any atom is -0.393 e. The summed E-state index contributed by atoms with van der Waals surface area (Å²) in [5, 5.41) is 18.8. The zero-order valence-corrected chi connectivity index (χ0v) is 7.91. The average Bonchev–Trinajstić information content (AvgIpc) is 1.87. The van der Waals surface area contributed by atoms with Crippen LogP contribution >= 0.6 is 0 Å². The number of hydrogen-bond acceptors (Lipinski definition) is 2. The fourth-order valence-electron chi connectivity index (χ4n) is 0.792. The molecule has 0 aliphatic rings. The third kappa shape index (κ3) is 6.02. The van der Waals surface area contributed by atoms with Gasteiger partial charge in [0.25, 0.3) is 0 Å². The molecule has 0 aromatic carbocycles. The summed E-state index contributed by atoms with van der Waals surface area (Å²) in [4.78, 5) is 0. The Morgan fingerprint density at radius 1 is 0.833 bits per heavy atom. The Balaban J connectivity index is 0. The van der Waals surface area contributed by atoms with E-state index in [-0.39, 0.29) is 41.4 Å². The van der Waals surface area contributed by atoms with Gasteiger partial charge in [-0.15, -0.1) is 0 Å². The highest BCUT2D eigenvalue weighted by Crippen LogP contribution is 2.13. The SMILES string of the molecule is CC(C)C(O)CC(O)C(C)C.[AlH3]. The van der Waals surface area contributed by atoms with Gasteiger partial charge in [0.15, 0.2) is 17.4 Å². The van der Waals surface area contributed by atoms with Gasteiger partial charge in [0.1, 0.15) is 0 Å². The molecular weight excluding hydrogens is 167 g/mol. The van der Waals surface area contributed by atoms with E-state index in [1.165, 1.54) is 0 Å². The lowest BCUT2D eigenvalue weighted by molar-refractivity contribution is 0.0326. The van der Waals surface area contributed by atoms with Gasteiger partial charge in [-0.1, -0.05) is 27.7 Å². The largest absolute Gasteiger partial charge is 0.393 e. The molecule has 0 heterocycles. The van der Waals surface area contributed by atoms with E-state index in [4.69, 9.17) is 0 Å². The van der Waals surface area contributed by atoms with Crippen LogP contribution in [0.15, 0.2) is 0 Å². The fraction of sp³-hybridized carbons (Fsp3) is 1.00. The van der Waals surface area contributed by atoms with Gasteiger partial charge in [0, 0.05) is 0 Å². The highest BCUT2D eigenvalue weighted by atomic mass is 27.0. The first kappa shape index (κ1) is 14.9. The maximum atomic E-state index is 9.39. The van der Waals surface area contributed by atoms with Crippen molar-refractivity contribution in [2.45, 2.75) is 46.3 Å². The second kappa shape index (κ2) is 6.91. The normalized spacial score (nSPS) is 16.0. The summed E-state index contributed by atoms with van der Waals surface area (Å²) in [5.41, 5.74) is 0. The second-order valence-electron chi connectivity index (χ2n) is 3.86. The molecule has 0 spiro atoms. The summed E-state index contributed by atoms with van der Waals surface area (Å²) >= 11 is 0. The third-order valence-corrected chi connectivity index (χ3v) is 2.02. The molecule has 0 aromatic heterocycles. The van der Waals surface area contributed by atoms with Gasteiger partial charge < -0.3 is 10.2 Å². The van der Waals surface area contributed by atoms with Crippen molar-refractivity contribution < 1.29 is 10.2 Å². The van der Waals surface area contributed by atoms with E-state index in [2.05, 4.69) is 0 Å². The second-order valence-corrected chi connectivity index (χ2v) is 3.86. The Kier molecular flexibility index (Phi) is 8.61. The number of aliphatic hydroxyl groups is 2. The molecule has 0 fully saturated rings. The van der Waals surface area contributed by atoms with Gasteiger partial charge in [0.2, 0.25) is 0 Å². The maximum Gasteiger partial charge on any atom is 0.187 e. The van der Waals surface area contributed by atoms with E-state index in [1.807, 2.05) is 27.7 Å². The first-order chi connectivity index (χ1) is 4.95. The lowest BCUT2D eigenvalue weighted by atomic mass is 9.95. The summed E-state index contributed by atoms with van der Waals surface area (Å²) in [6, 6.07) is 0. The summed E-state index contributed by atoms with van der Waals surface area (Å²) < 4.78 is 0. The number of rotatable bonds is 4. The van der Waals surface area contributed by atoms with Crippen molar-refractivity contribution >= 4 is 17.4 Å². The molecule has 2 unspecified atom stereocenters. The van der Waals surface area contributed by atoms with E-state index in [0.29, 0.717) is 6.42 Å². The lowest BCUT2D eigenvalue weighted by Gasteiger charge is -2.20. The van der Waals surface area contributed by atoms with Crippen LogP contribution in [-0.2, 0) is 0 Å². The average molecular weight is 190 g/mol. The van der Waals surface area contributed by atoms with Crippen LogP contribution in [0.25, 0.3) is 0 Å². The van der Waals surface area contributed by atoms with Crippen LogP contribution < -0.4 is 0 Å². The maximum absolute atomic E-state index is 9.39. The predicted octanol–water partition coefficient (Wildman–Crippen LogP) is 0.226. The Hall–Kier alpha value is 0.452. The molecule has 0 radical (unpaired) electrons. The standard InChI is InChI=1S/C9H20O2.Al.3H/c1-6(2)8(10)5-9(11)7(3)4;;;;/h6-11H,5H2,1-4H3;;;;. The smallest absolute Gasteiger partial charge is 0.187 e. The first-order valence-corrected chi connectivity index (χ1v) is 4.31. The van der Waals surface area contributed by atoms with Gasteiger partial charge in [-0.2, -0.15) is 0 Å². The van der Waals surface area contributed by atoms with Crippen LogP contribution in [-0.4, -0.2) is 39.8 Å². The zero-order valence-electron chi connectivity index (χ0n) is 7.91. The van der Waals surface area contributed by atoms with Crippen molar-refractivity contribution in [1.29, 1.82) is 0 Å². The van der Waals surface area contributed by atoms with Crippen LogP contribution in [0, 0.1) is 11.8 Å². The van der Waals surface area contributed by atoms with Crippen LogP contribution in [0.4, 0.5) is 0 Å². The Labute approximate surface area is 86.1 Å². The molecule has 12 heavy (non-hydrogen) atoms. The Morgan fingerprint density at radius 2 is 1.08 bits per heavy atom. The molecule has 0 saturated heterocycles. The van der Waals surface area contributed by atoms with Crippen LogP contribution in [0.1, 0.15) is 34.1 Å². The summed E-state index contributed by atoms with van der Waals surface area (Å²) in [6.07, 6.45) is -0.241. The highest BCUT2D eigenvalue weighted by Gasteiger charge is 2.16. The topological polar surface area (TPSA) is 40.5 Å². The van der Waals surface area contributed by atoms with Crippen LogP contribution in [0.3, 0.4) is 0 Å². The van der Waals surface area contributed by atoms with Gasteiger partial charge in [-0.05, 0) is 18.3 Å². The van der Waals surface area contributed by atoms with Crippen molar-refractivity contribution in [2.75, 3.05) is 0 Å². The van der Waals surface area contributed by atoms with E-state index in [0.717, 1.165) is 0 Å². The van der Waals surface area contributed by atoms with Gasteiger partial charge in [-0.3, -0.25) is 0 Å². The molecule has 0 amide bonds. The van der Waals surface area contributed by atoms with E-state index >= 15 is 0 Å². The molecule has 3 heteroatoms. The molecule has 0 bridgehead atoms. The minimum atomic E-state index is -0.368. The summed E-state index contributed by atoms with van der Waals surface area (Å²) in [5.74, 6) is 0.479. The van der Waals surface area contributed by atoms with Gasteiger partial charge in [0.05, 0.1) is 12.2 Å². The fourth-order valence-corrected chi connectivity index (χ4v) is 0.792. The molecule has 0 saturated carbocycles. The van der Waals surface area contributed by atoms with Crippen molar-refractivity contribution in [2.24, 2.45) is 11.8 Å². The van der Waals surface area contributed by atoms with Crippen LogP contribution in [0.2, 0.25) is 0 Å². The third-order valence-electron chi connectivity index (χ3n) is 2.02. The highest BCUT2D eigenvalue weighted by molar-refractivity contribution is 5.75. The Morgan fingerprint density at radius 3 is 1.25 bits per heavy atom. The molecule has 74 valence electrons. The quantitative estimate of drug-likeness (QED) is 0.623. The summed E-state index contributed by atoms with van der Waals surface area (Å²) in [7, 11) is 0. The number of hydrogen-bond donors (Lipinski definition) is 2. The van der Waals surface area contributed by atoms with E-state index in [9.17, 15) is 10.2 Å². The summed E-state index contributed by atoms with van der Waals surface area (Å²) in [6.45, 7) is 7.82. The van der Waals surface area contributed by atoms with Gasteiger partial charge in [-0.25, -0.2) is 0 Å². The van der Waals surface area contributed by atoms with E-state index < -0.39 is 0 Å². The van der Waals surface area contributed by atoms with Crippen molar-refractivity contribution in [1.82, 2.24) is 0 Å². The van der Waals surface area contributed by atoms with E-state index in [1.54, 1.807) is 0 Å². The molecule has 0 aromatic rings. The number of aliphatic hydroxyl groups excluding tert-OH is 2. The van der Waals surface area contributed by atoms with Crippen molar-refractivity contribution in [3.05, 3.63) is 0 Å². The van der Waals surface area contributed by atoms with Gasteiger partial charge >= 0.3 is 0 Å². The van der Waals surface area contributed by atoms with Crippen molar-refractivity contribution in [3.63, 3.8) is 0 Å².